The minimum atomic E-state index is -0.845. The number of nitrogens with one attached hydrogen (secondary N) is 1. The molecule has 2 fully saturated rings. The normalized spacial score (nSPS) is 27.4. The molecule has 0 radical (unpaired) electrons. The number of amides is 2. The van der Waals surface area contributed by atoms with Gasteiger partial charge in [0.15, 0.2) is 0 Å². The van der Waals surface area contributed by atoms with Crippen molar-refractivity contribution >= 4 is 11.8 Å². The summed E-state index contributed by atoms with van der Waals surface area (Å²) in [6, 6.07) is 7.69. The molecule has 1 spiro atoms. The third-order valence-electron chi connectivity index (χ3n) is 5.41. The zero-order valence-electron chi connectivity index (χ0n) is 14.4. The largest absolute Gasteiger partial charge is 0.392 e. The maximum Gasteiger partial charge on any atom is 0.253 e. The molecule has 0 aliphatic carbocycles. The summed E-state index contributed by atoms with van der Waals surface area (Å²) in [6.45, 7) is 5.63. The van der Waals surface area contributed by atoms with Crippen LogP contribution in [-0.4, -0.2) is 47.6 Å². The molecule has 1 aromatic rings. The van der Waals surface area contributed by atoms with Crippen LogP contribution in [0.2, 0.25) is 0 Å². The Bertz CT molecular complexity index is 643. The Balaban J connectivity index is 1.83. The van der Waals surface area contributed by atoms with Gasteiger partial charge in [-0.05, 0) is 42.9 Å². The van der Waals surface area contributed by atoms with Crippen molar-refractivity contribution in [3.05, 3.63) is 35.4 Å². The minimum absolute atomic E-state index is 0.0536. The van der Waals surface area contributed by atoms with E-state index in [2.05, 4.69) is 19.2 Å². The van der Waals surface area contributed by atoms with Crippen LogP contribution in [0, 0.1) is 5.41 Å². The number of rotatable bonds is 2. The summed E-state index contributed by atoms with van der Waals surface area (Å²) in [7, 11) is 0. The van der Waals surface area contributed by atoms with Crippen molar-refractivity contribution in [2.24, 2.45) is 5.41 Å². The zero-order chi connectivity index (χ0) is 17.3. The lowest BCUT2D eigenvalue weighted by Crippen LogP contribution is -2.62. The molecular weight excluding hydrogens is 304 g/mol. The molecule has 2 heterocycles. The molecule has 2 aliphatic rings. The van der Waals surface area contributed by atoms with Gasteiger partial charge in [0.05, 0.1) is 11.5 Å². The molecule has 0 bridgehead atoms. The second-order valence-corrected chi connectivity index (χ2v) is 7.33. The van der Waals surface area contributed by atoms with Crippen LogP contribution >= 0.6 is 0 Å². The summed E-state index contributed by atoms with van der Waals surface area (Å²) in [4.78, 5) is 27.1. The maximum absolute atomic E-state index is 12.9. The first kappa shape index (κ1) is 17.0. The van der Waals surface area contributed by atoms with Crippen LogP contribution in [-0.2, 0) is 4.79 Å². The van der Waals surface area contributed by atoms with Gasteiger partial charge in [-0.3, -0.25) is 9.59 Å². The smallest absolute Gasteiger partial charge is 0.253 e. The van der Waals surface area contributed by atoms with Gasteiger partial charge in [-0.15, -0.1) is 0 Å². The third-order valence-corrected chi connectivity index (χ3v) is 5.41. The molecule has 3 rings (SSSR count). The van der Waals surface area contributed by atoms with E-state index in [1.54, 1.807) is 4.90 Å². The van der Waals surface area contributed by atoms with Gasteiger partial charge in [-0.25, -0.2) is 0 Å². The van der Waals surface area contributed by atoms with Crippen molar-refractivity contribution in [1.82, 2.24) is 10.2 Å². The maximum atomic E-state index is 12.9. The Morgan fingerprint density at radius 1 is 1.42 bits per heavy atom. The van der Waals surface area contributed by atoms with Gasteiger partial charge in [0.25, 0.3) is 5.91 Å². The molecule has 0 aromatic heterocycles. The number of likely N-dealkylation sites (tertiary alicyclic amines) is 1. The average molecular weight is 330 g/mol. The van der Waals surface area contributed by atoms with E-state index in [1.807, 2.05) is 24.3 Å². The van der Waals surface area contributed by atoms with E-state index in [-0.39, 0.29) is 11.8 Å². The first-order chi connectivity index (χ1) is 11.4. The van der Waals surface area contributed by atoms with Crippen LogP contribution in [0.5, 0.6) is 0 Å². The summed E-state index contributed by atoms with van der Waals surface area (Å²) < 4.78 is 0. The van der Waals surface area contributed by atoms with Gasteiger partial charge >= 0.3 is 0 Å². The number of nitrogens with zero attached hydrogens (tertiary/aromatic N) is 1. The number of hydrogen-bond donors (Lipinski definition) is 2. The first-order valence-corrected chi connectivity index (χ1v) is 8.79. The number of benzene rings is 1. The highest BCUT2D eigenvalue weighted by molar-refractivity contribution is 5.95. The summed E-state index contributed by atoms with van der Waals surface area (Å²) in [6.07, 6.45) is 1.25. The number of hydrogen-bond acceptors (Lipinski definition) is 3. The zero-order valence-corrected chi connectivity index (χ0v) is 14.4. The van der Waals surface area contributed by atoms with Crippen LogP contribution < -0.4 is 5.32 Å². The number of carbonyl (C=O) groups is 2. The molecule has 2 amide bonds. The van der Waals surface area contributed by atoms with E-state index in [1.165, 1.54) is 0 Å². The summed E-state index contributed by atoms with van der Waals surface area (Å²) >= 11 is 0. The first-order valence-electron chi connectivity index (χ1n) is 8.79. The Labute approximate surface area is 143 Å². The van der Waals surface area contributed by atoms with Crippen molar-refractivity contribution in [2.45, 2.75) is 45.1 Å². The quantitative estimate of drug-likeness (QED) is 0.870. The van der Waals surface area contributed by atoms with E-state index >= 15 is 0 Å². The minimum Gasteiger partial charge on any atom is -0.392 e. The van der Waals surface area contributed by atoms with Crippen LogP contribution in [0.3, 0.4) is 0 Å². The van der Waals surface area contributed by atoms with Crippen LogP contribution in [0.25, 0.3) is 0 Å². The second kappa shape index (κ2) is 6.55. The van der Waals surface area contributed by atoms with E-state index in [0.29, 0.717) is 44.0 Å². The summed E-state index contributed by atoms with van der Waals surface area (Å²) in [5, 5.41) is 13.3. The molecule has 0 unspecified atom stereocenters. The number of aliphatic hydroxyl groups excluding tert-OH is 1. The van der Waals surface area contributed by atoms with Crippen molar-refractivity contribution in [3.63, 3.8) is 0 Å². The molecule has 130 valence electrons. The van der Waals surface area contributed by atoms with Gasteiger partial charge in [-0.2, -0.15) is 0 Å². The average Bonchev–Trinajstić information content (AvgIpc) is 2.59. The van der Waals surface area contributed by atoms with Crippen LogP contribution in [0.4, 0.5) is 0 Å². The molecule has 2 N–H and O–H groups in total. The Morgan fingerprint density at radius 2 is 2.21 bits per heavy atom. The fraction of sp³-hybridized carbons (Fsp3) is 0.579. The highest BCUT2D eigenvalue weighted by Gasteiger charge is 2.50. The van der Waals surface area contributed by atoms with Crippen LogP contribution in [0.15, 0.2) is 24.3 Å². The fourth-order valence-corrected chi connectivity index (χ4v) is 3.83. The van der Waals surface area contributed by atoms with Gasteiger partial charge in [0.1, 0.15) is 0 Å². The topological polar surface area (TPSA) is 69.6 Å². The molecular formula is C19H26N2O3. The predicted molar refractivity (Wildman–Crippen MR) is 91.7 cm³/mol. The second-order valence-electron chi connectivity index (χ2n) is 7.33. The Morgan fingerprint density at radius 3 is 2.92 bits per heavy atom. The monoisotopic (exact) mass is 330 g/mol. The SMILES string of the molecule is CC(C)c1cccc(C(=O)N2CC[C@@H](O)[C@@]3(CCCNC3=O)C2)c1. The van der Waals surface area contributed by atoms with Gasteiger partial charge in [-0.1, -0.05) is 26.0 Å². The lowest BCUT2D eigenvalue weighted by atomic mass is 9.71. The van der Waals surface area contributed by atoms with Gasteiger partial charge in [0.2, 0.25) is 5.91 Å². The molecule has 0 saturated carbocycles. The molecule has 5 nitrogen and oxygen atoms in total. The summed E-state index contributed by atoms with van der Waals surface area (Å²) in [5.74, 6) is 0.188. The van der Waals surface area contributed by atoms with Gasteiger partial charge < -0.3 is 15.3 Å². The summed E-state index contributed by atoms with van der Waals surface area (Å²) in [5.41, 5.74) is 0.939. The number of carbonyl (C=O) groups excluding carboxylic acids is 2. The van der Waals surface area contributed by atoms with Crippen molar-refractivity contribution in [2.75, 3.05) is 19.6 Å². The van der Waals surface area contributed by atoms with E-state index < -0.39 is 11.5 Å². The van der Waals surface area contributed by atoms with E-state index in [9.17, 15) is 14.7 Å². The standard InChI is InChI=1S/C19H26N2O3/c1-13(2)14-5-3-6-15(11-14)17(23)21-10-7-16(22)19(12-21)8-4-9-20-18(19)24/h3,5-6,11,13,16,22H,4,7-10,12H2,1-2H3,(H,20,24)/t16-,19-/m1/s1. The van der Waals surface area contributed by atoms with E-state index in [0.717, 1.165) is 12.0 Å². The van der Waals surface area contributed by atoms with Gasteiger partial charge in [0, 0.05) is 25.2 Å². The van der Waals surface area contributed by atoms with Crippen molar-refractivity contribution < 1.29 is 14.7 Å². The molecule has 2 atom stereocenters. The Hall–Kier alpha value is -1.88. The fourth-order valence-electron chi connectivity index (χ4n) is 3.83. The lowest BCUT2D eigenvalue weighted by Gasteiger charge is -2.46. The molecule has 2 saturated heterocycles. The Kier molecular flexibility index (Phi) is 4.63. The number of piperidine rings is 2. The van der Waals surface area contributed by atoms with Crippen LogP contribution in [0.1, 0.15) is 54.9 Å². The molecule has 1 aromatic carbocycles. The third kappa shape index (κ3) is 2.93. The highest BCUT2D eigenvalue weighted by atomic mass is 16.3. The molecule has 5 heteroatoms. The van der Waals surface area contributed by atoms with Crippen molar-refractivity contribution in [1.29, 1.82) is 0 Å². The van der Waals surface area contributed by atoms with E-state index in [4.69, 9.17) is 0 Å². The lowest BCUT2D eigenvalue weighted by molar-refractivity contribution is -0.147. The predicted octanol–water partition coefficient (Wildman–Crippen LogP) is 1.91. The molecule has 24 heavy (non-hydrogen) atoms. The highest BCUT2D eigenvalue weighted by Crippen LogP contribution is 2.37. The number of aliphatic hydroxyl groups is 1. The van der Waals surface area contributed by atoms with Crippen molar-refractivity contribution in [3.8, 4) is 0 Å². The molecule has 2 aliphatic heterocycles.